The molecule has 0 saturated heterocycles. The number of aryl methyl sites for hydroxylation is 1. The van der Waals surface area contributed by atoms with Crippen molar-refractivity contribution >= 4 is 29.7 Å². The van der Waals surface area contributed by atoms with Crippen molar-refractivity contribution in [2.75, 3.05) is 14.2 Å². The maximum Gasteiger partial charge on any atom is 0.347 e. The Balaban J connectivity index is 1.60. The van der Waals surface area contributed by atoms with Crippen LogP contribution in [0.25, 0.3) is 0 Å². The quantitative estimate of drug-likeness (QED) is 0.184. The first kappa shape index (κ1) is 36.7. The van der Waals surface area contributed by atoms with Gasteiger partial charge in [-0.05, 0) is 94.0 Å². The molecule has 3 aromatic rings. The topological polar surface area (TPSA) is 192 Å². The van der Waals surface area contributed by atoms with Crippen LogP contribution in [0.2, 0.25) is 0 Å². The minimum Gasteiger partial charge on any atom is -0.507 e. The first-order chi connectivity index (χ1) is 23.4. The fourth-order valence-electron chi connectivity index (χ4n) is 5.60. The predicted molar refractivity (Wildman–Crippen MR) is 177 cm³/mol. The Morgan fingerprint density at radius 1 is 0.620 bits per heavy atom. The van der Waals surface area contributed by atoms with Gasteiger partial charge in [0.2, 0.25) is 0 Å². The van der Waals surface area contributed by atoms with Gasteiger partial charge in [0.1, 0.15) is 62.9 Å². The number of rotatable bonds is 9. The molecule has 1 aliphatic rings. The van der Waals surface area contributed by atoms with Crippen LogP contribution in [-0.2, 0) is 14.3 Å². The van der Waals surface area contributed by atoms with Crippen molar-refractivity contribution in [1.82, 2.24) is 0 Å². The third-order valence-electron chi connectivity index (χ3n) is 8.67. The lowest BCUT2D eigenvalue weighted by Crippen LogP contribution is -2.27. The lowest BCUT2D eigenvalue weighted by Gasteiger charge is -2.22. The molecule has 50 heavy (non-hydrogen) atoms. The van der Waals surface area contributed by atoms with Crippen LogP contribution in [0, 0.1) is 47.5 Å². The van der Waals surface area contributed by atoms with Crippen LogP contribution in [0.4, 0.5) is 0 Å². The van der Waals surface area contributed by atoms with Gasteiger partial charge in [-0.25, -0.2) is 14.4 Å². The van der Waals surface area contributed by atoms with Gasteiger partial charge < -0.3 is 39.0 Å². The summed E-state index contributed by atoms with van der Waals surface area (Å²) in [6, 6.07) is 3.71. The van der Waals surface area contributed by atoms with Crippen molar-refractivity contribution in [3.05, 3.63) is 91.8 Å². The molecule has 1 atom stereocenters. The fraction of sp³-hybridized carbons (Fsp3) is 0.270. The molecule has 262 valence electrons. The molecular formula is C37H36O13. The monoisotopic (exact) mass is 688 g/mol. The number of hydrogen-bond acceptors (Lipinski definition) is 12. The largest absolute Gasteiger partial charge is 0.507 e. The number of hydrogen-bond donors (Lipinski definition) is 3. The van der Waals surface area contributed by atoms with E-state index in [4.69, 9.17) is 23.7 Å². The summed E-state index contributed by atoms with van der Waals surface area (Å²) < 4.78 is 27.1. The zero-order valence-corrected chi connectivity index (χ0v) is 28.9. The van der Waals surface area contributed by atoms with Crippen LogP contribution >= 0.6 is 0 Å². The molecule has 0 fully saturated rings. The van der Waals surface area contributed by atoms with Gasteiger partial charge in [-0.1, -0.05) is 0 Å². The van der Waals surface area contributed by atoms with E-state index in [9.17, 15) is 39.3 Å². The number of aromatic hydroxyl groups is 2. The van der Waals surface area contributed by atoms with E-state index in [1.165, 1.54) is 59.3 Å². The smallest absolute Gasteiger partial charge is 0.347 e. The van der Waals surface area contributed by atoms with E-state index in [2.05, 4.69) is 0 Å². The first-order valence-electron chi connectivity index (χ1n) is 15.1. The zero-order valence-electron chi connectivity index (χ0n) is 28.9. The van der Waals surface area contributed by atoms with Crippen molar-refractivity contribution in [2.24, 2.45) is 5.92 Å². The van der Waals surface area contributed by atoms with Gasteiger partial charge >= 0.3 is 23.9 Å². The summed E-state index contributed by atoms with van der Waals surface area (Å²) in [7, 11) is 2.61. The molecule has 1 aliphatic carbocycles. The van der Waals surface area contributed by atoms with E-state index in [1.54, 1.807) is 27.7 Å². The number of carbonyl (C=O) groups is 5. The predicted octanol–water partition coefficient (Wildman–Crippen LogP) is 5.67. The summed E-state index contributed by atoms with van der Waals surface area (Å²) in [5, 5.41) is 31.5. The molecule has 0 radical (unpaired) electrons. The second kappa shape index (κ2) is 14.2. The van der Waals surface area contributed by atoms with Gasteiger partial charge in [-0.3, -0.25) is 9.59 Å². The number of benzene rings is 3. The van der Waals surface area contributed by atoms with Gasteiger partial charge in [-0.15, -0.1) is 0 Å². The molecule has 0 aromatic heterocycles. The van der Waals surface area contributed by atoms with E-state index in [0.717, 1.165) is 6.07 Å². The van der Waals surface area contributed by atoms with E-state index in [0.29, 0.717) is 22.3 Å². The van der Waals surface area contributed by atoms with Crippen molar-refractivity contribution in [3.63, 3.8) is 0 Å². The minimum atomic E-state index is -1.21. The summed E-state index contributed by atoms with van der Waals surface area (Å²) in [5.74, 6) is -6.37. The molecule has 1 unspecified atom stereocenters. The Morgan fingerprint density at radius 2 is 1.16 bits per heavy atom. The van der Waals surface area contributed by atoms with Crippen molar-refractivity contribution in [2.45, 2.75) is 48.5 Å². The summed E-state index contributed by atoms with van der Waals surface area (Å²) in [6.45, 7) is 10.7. The van der Waals surface area contributed by atoms with Crippen molar-refractivity contribution in [3.8, 4) is 34.5 Å². The minimum absolute atomic E-state index is 0.0124. The number of esters is 3. The zero-order chi connectivity index (χ0) is 37.4. The fourth-order valence-corrected chi connectivity index (χ4v) is 5.60. The molecule has 0 bridgehead atoms. The van der Waals surface area contributed by atoms with Gasteiger partial charge in [0.25, 0.3) is 0 Å². The Morgan fingerprint density at radius 3 is 1.72 bits per heavy atom. The number of phenolic OH excluding ortho intramolecular Hbond substituents is 2. The first-order valence-corrected chi connectivity index (χ1v) is 15.1. The summed E-state index contributed by atoms with van der Waals surface area (Å²) in [6.07, 6.45) is 2.48. The Hall–Kier alpha value is -6.11. The van der Waals surface area contributed by atoms with Crippen molar-refractivity contribution < 1.29 is 63.0 Å². The molecule has 0 heterocycles. The standard InChI is InChI=1S/C37H36O13/c1-15-10-22(38)12-27(46-8)29(15)35(43)49-25-13-23(39)31(19(5)17(25)3)37(45)48-24-11-16(2)30(33(40)21(24)7)36(44)50-26-14-28(47-9)32(34(41)42)20(6)18(26)4/h10-14,29,39-40H,1-9H3,(H,41,42). The molecule has 4 rings (SSSR count). The van der Waals surface area contributed by atoms with Crippen LogP contribution in [0.15, 0.2) is 41.7 Å². The number of carboxylic acid groups (broad SMARTS) is 1. The van der Waals surface area contributed by atoms with Gasteiger partial charge in [0.05, 0.1) is 14.2 Å². The summed E-state index contributed by atoms with van der Waals surface area (Å²) in [4.78, 5) is 63.4. The van der Waals surface area contributed by atoms with Gasteiger partial charge in [0.15, 0.2) is 5.78 Å². The molecule has 0 amide bonds. The number of phenols is 2. The number of methoxy groups -OCH3 is 2. The summed E-state index contributed by atoms with van der Waals surface area (Å²) >= 11 is 0. The SMILES string of the molecule is COC1=CC(=O)C=C(C)C1C(=O)Oc1cc(O)c(C(=O)Oc2cc(C)c(C(=O)Oc3cc(OC)c(C(=O)O)c(C)c3C)c(O)c2C)c(C)c1C. The molecule has 0 spiro atoms. The van der Waals surface area contributed by atoms with E-state index in [-0.39, 0.29) is 67.9 Å². The Labute approximate surface area is 287 Å². The third-order valence-corrected chi connectivity index (χ3v) is 8.67. The molecule has 0 saturated carbocycles. The van der Waals surface area contributed by atoms with Gasteiger partial charge in [-0.2, -0.15) is 0 Å². The number of carbonyl (C=O) groups excluding carboxylic acids is 4. The molecule has 3 aromatic carbocycles. The number of ketones is 1. The lowest BCUT2D eigenvalue weighted by molar-refractivity contribution is -0.137. The normalized spacial score (nSPS) is 13.9. The highest BCUT2D eigenvalue weighted by molar-refractivity contribution is 6.03. The lowest BCUT2D eigenvalue weighted by atomic mass is 9.92. The van der Waals surface area contributed by atoms with Crippen LogP contribution in [0.5, 0.6) is 34.5 Å². The Kier molecular flexibility index (Phi) is 10.4. The van der Waals surface area contributed by atoms with E-state index < -0.39 is 41.3 Å². The molecule has 13 nitrogen and oxygen atoms in total. The number of carboxylic acids is 1. The molecular weight excluding hydrogens is 652 g/mol. The third kappa shape index (κ3) is 6.75. The Bertz CT molecular complexity index is 2050. The maximum atomic E-state index is 13.4. The van der Waals surface area contributed by atoms with Gasteiger partial charge in [0, 0.05) is 23.8 Å². The second-order valence-corrected chi connectivity index (χ2v) is 11.7. The summed E-state index contributed by atoms with van der Waals surface area (Å²) in [5.41, 5.74) is 1.34. The highest BCUT2D eigenvalue weighted by atomic mass is 16.6. The van der Waals surface area contributed by atoms with Crippen molar-refractivity contribution in [1.29, 1.82) is 0 Å². The highest BCUT2D eigenvalue weighted by Gasteiger charge is 2.33. The maximum absolute atomic E-state index is 13.4. The average Bonchev–Trinajstić information content (AvgIpc) is 3.03. The number of aromatic carboxylic acids is 1. The van der Waals surface area contributed by atoms with Crippen LogP contribution < -0.4 is 18.9 Å². The van der Waals surface area contributed by atoms with Crippen LogP contribution in [-0.4, -0.2) is 59.2 Å². The molecule has 3 N–H and O–H groups in total. The average molecular weight is 689 g/mol. The van der Waals surface area contributed by atoms with Crippen LogP contribution in [0.3, 0.4) is 0 Å². The number of allylic oxidation sites excluding steroid dienone is 2. The highest BCUT2D eigenvalue weighted by Crippen LogP contribution is 2.39. The molecule has 0 aliphatic heterocycles. The van der Waals surface area contributed by atoms with Crippen LogP contribution in [0.1, 0.15) is 71.4 Å². The molecule has 13 heteroatoms. The van der Waals surface area contributed by atoms with E-state index >= 15 is 0 Å². The van der Waals surface area contributed by atoms with E-state index in [1.807, 2.05) is 0 Å². The number of ether oxygens (including phenoxy) is 5. The second-order valence-electron chi connectivity index (χ2n) is 11.7.